The third-order valence-corrected chi connectivity index (χ3v) is 3.89. The highest BCUT2D eigenvalue weighted by molar-refractivity contribution is 6.00. The SMILES string of the molecule is COc1ccc(CNC(=O)C/C(C)=N\NC(=O)COc2ccccc2C)cc1. The molecule has 2 rings (SSSR count). The summed E-state index contributed by atoms with van der Waals surface area (Å²) >= 11 is 0. The van der Waals surface area contributed by atoms with E-state index in [2.05, 4.69) is 15.8 Å². The van der Waals surface area contributed by atoms with E-state index in [1.165, 1.54) is 0 Å². The molecule has 0 saturated heterocycles. The van der Waals surface area contributed by atoms with E-state index < -0.39 is 0 Å². The van der Waals surface area contributed by atoms with Gasteiger partial charge in [0, 0.05) is 12.3 Å². The van der Waals surface area contributed by atoms with Gasteiger partial charge in [0.05, 0.1) is 13.5 Å². The average molecular weight is 383 g/mol. The minimum atomic E-state index is -0.388. The number of nitrogens with one attached hydrogen (secondary N) is 2. The quantitative estimate of drug-likeness (QED) is 0.515. The van der Waals surface area contributed by atoms with E-state index in [4.69, 9.17) is 9.47 Å². The molecule has 7 heteroatoms. The first kappa shape index (κ1) is 21.0. The molecule has 2 aromatic carbocycles. The lowest BCUT2D eigenvalue weighted by molar-refractivity contribution is -0.123. The van der Waals surface area contributed by atoms with E-state index in [1.54, 1.807) is 20.1 Å². The molecule has 0 unspecified atom stereocenters. The first-order valence-corrected chi connectivity index (χ1v) is 8.88. The molecular weight excluding hydrogens is 358 g/mol. The lowest BCUT2D eigenvalue weighted by atomic mass is 10.2. The Hall–Kier alpha value is -3.35. The number of amides is 2. The van der Waals surface area contributed by atoms with E-state index in [1.807, 2.05) is 49.4 Å². The van der Waals surface area contributed by atoms with Crippen molar-refractivity contribution in [3.8, 4) is 11.5 Å². The van der Waals surface area contributed by atoms with Crippen LogP contribution in [0.5, 0.6) is 11.5 Å². The van der Waals surface area contributed by atoms with Gasteiger partial charge in [0.1, 0.15) is 11.5 Å². The number of methoxy groups -OCH3 is 1. The molecule has 0 heterocycles. The van der Waals surface area contributed by atoms with Crippen molar-refractivity contribution in [2.75, 3.05) is 13.7 Å². The van der Waals surface area contributed by atoms with Crippen LogP contribution in [0.25, 0.3) is 0 Å². The Labute approximate surface area is 164 Å². The van der Waals surface area contributed by atoms with Crippen molar-refractivity contribution in [1.29, 1.82) is 0 Å². The minimum absolute atomic E-state index is 0.0923. The molecule has 0 fully saturated rings. The maximum atomic E-state index is 12.0. The third-order valence-electron chi connectivity index (χ3n) is 3.89. The fraction of sp³-hybridized carbons (Fsp3) is 0.286. The van der Waals surface area contributed by atoms with Crippen molar-refractivity contribution in [2.45, 2.75) is 26.8 Å². The predicted octanol–water partition coefficient (Wildman–Crippen LogP) is 2.58. The van der Waals surface area contributed by atoms with Crippen molar-refractivity contribution in [1.82, 2.24) is 10.7 Å². The van der Waals surface area contributed by atoms with Crippen molar-refractivity contribution in [3.63, 3.8) is 0 Å². The van der Waals surface area contributed by atoms with Crippen LogP contribution in [0.4, 0.5) is 0 Å². The highest BCUT2D eigenvalue weighted by Crippen LogP contribution is 2.15. The van der Waals surface area contributed by atoms with Crippen LogP contribution in [0.3, 0.4) is 0 Å². The lowest BCUT2D eigenvalue weighted by Crippen LogP contribution is -2.28. The van der Waals surface area contributed by atoms with Crippen LogP contribution in [-0.4, -0.2) is 31.2 Å². The van der Waals surface area contributed by atoms with Crippen LogP contribution in [0.2, 0.25) is 0 Å². The second-order valence-corrected chi connectivity index (χ2v) is 6.24. The second-order valence-electron chi connectivity index (χ2n) is 6.24. The maximum absolute atomic E-state index is 12.0. The Kier molecular flexibility index (Phi) is 8.02. The van der Waals surface area contributed by atoms with Gasteiger partial charge in [0.15, 0.2) is 6.61 Å². The first-order valence-electron chi connectivity index (χ1n) is 8.88. The van der Waals surface area contributed by atoms with Crippen LogP contribution in [0.1, 0.15) is 24.5 Å². The standard InChI is InChI=1S/C21H25N3O4/c1-15-6-4-5-7-19(15)28-14-21(26)24-23-16(2)12-20(25)22-13-17-8-10-18(27-3)11-9-17/h4-11H,12-14H2,1-3H3,(H,22,25)(H,24,26)/b23-16-. The number of rotatable bonds is 9. The van der Waals surface area contributed by atoms with E-state index in [0.29, 0.717) is 18.0 Å². The molecule has 0 spiro atoms. The molecule has 0 aliphatic carbocycles. The summed E-state index contributed by atoms with van der Waals surface area (Å²) in [6, 6.07) is 14.9. The zero-order chi connectivity index (χ0) is 20.4. The number of hydrogen-bond donors (Lipinski definition) is 2. The average Bonchev–Trinajstić information content (AvgIpc) is 2.70. The number of carbonyl (C=O) groups is 2. The van der Waals surface area contributed by atoms with Crippen LogP contribution in [0, 0.1) is 6.92 Å². The Bertz CT molecular complexity index is 832. The van der Waals surface area contributed by atoms with Crippen LogP contribution < -0.4 is 20.2 Å². The minimum Gasteiger partial charge on any atom is -0.497 e. The van der Waals surface area contributed by atoms with Crippen molar-refractivity contribution >= 4 is 17.5 Å². The summed E-state index contributed by atoms with van der Waals surface area (Å²) in [7, 11) is 1.60. The number of benzene rings is 2. The van der Waals surface area contributed by atoms with E-state index in [0.717, 1.165) is 16.9 Å². The Morgan fingerprint density at radius 3 is 2.43 bits per heavy atom. The molecule has 0 radical (unpaired) electrons. The van der Waals surface area contributed by atoms with Gasteiger partial charge in [-0.3, -0.25) is 9.59 Å². The van der Waals surface area contributed by atoms with Gasteiger partial charge in [0.25, 0.3) is 5.91 Å². The zero-order valence-corrected chi connectivity index (χ0v) is 16.3. The van der Waals surface area contributed by atoms with Gasteiger partial charge < -0.3 is 14.8 Å². The normalized spacial score (nSPS) is 10.9. The molecular formula is C21H25N3O4. The summed E-state index contributed by atoms with van der Waals surface area (Å²) in [5.74, 6) is 0.847. The van der Waals surface area contributed by atoms with Crippen LogP contribution in [0.15, 0.2) is 53.6 Å². The Balaban J connectivity index is 1.71. The van der Waals surface area contributed by atoms with Gasteiger partial charge in [-0.15, -0.1) is 0 Å². The van der Waals surface area contributed by atoms with Crippen molar-refractivity contribution in [2.24, 2.45) is 5.10 Å². The number of hydrazone groups is 1. The van der Waals surface area contributed by atoms with Gasteiger partial charge in [0.2, 0.25) is 5.91 Å². The van der Waals surface area contributed by atoms with Gasteiger partial charge in [-0.1, -0.05) is 30.3 Å². The number of aryl methyl sites for hydroxylation is 1. The number of para-hydroxylation sites is 1. The van der Waals surface area contributed by atoms with Gasteiger partial charge in [-0.2, -0.15) is 5.10 Å². The van der Waals surface area contributed by atoms with Gasteiger partial charge in [-0.25, -0.2) is 5.43 Å². The molecule has 28 heavy (non-hydrogen) atoms. The molecule has 2 N–H and O–H groups in total. The summed E-state index contributed by atoms with van der Waals surface area (Å²) in [4.78, 5) is 23.8. The predicted molar refractivity (Wildman–Crippen MR) is 107 cm³/mol. The van der Waals surface area contributed by atoms with Crippen LogP contribution in [-0.2, 0) is 16.1 Å². The molecule has 2 amide bonds. The Morgan fingerprint density at radius 2 is 1.75 bits per heavy atom. The topological polar surface area (TPSA) is 89.0 Å². The smallest absolute Gasteiger partial charge is 0.277 e. The monoisotopic (exact) mass is 383 g/mol. The molecule has 2 aromatic rings. The highest BCUT2D eigenvalue weighted by Gasteiger charge is 2.06. The van der Waals surface area contributed by atoms with Crippen molar-refractivity contribution < 1.29 is 19.1 Å². The van der Waals surface area contributed by atoms with Crippen LogP contribution >= 0.6 is 0 Å². The molecule has 0 aromatic heterocycles. The summed E-state index contributed by atoms with van der Waals surface area (Å²) in [6.07, 6.45) is 0.0923. The third kappa shape index (κ3) is 7.11. The molecule has 0 saturated carbocycles. The van der Waals surface area contributed by atoms with Crippen molar-refractivity contribution in [3.05, 3.63) is 59.7 Å². The van der Waals surface area contributed by atoms with Gasteiger partial charge >= 0.3 is 0 Å². The largest absolute Gasteiger partial charge is 0.497 e. The molecule has 0 bridgehead atoms. The summed E-state index contributed by atoms with van der Waals surface area (Å²) in [5.41, 5.74) is 4.80. The molecule has 0 aliphatic rings. The van der Waals surface area contributed by atoms with E-state index in [-0.39, 0.29) is 24.8 Å². The molecule has 0 aliphatic heterocycles. The number of carbonyl (C=O) groups excluding carboxylic acids is 2. The Morgan fingerprint density at radius 1 is 1.04 bits per heavy atom. The lowest BCUT2D eigenvalue weighted by Gasteiger charge is -2.08. The van der Waals surface area contributed by atoms with Gasteiger partial charge in [-0.05, 0) is 43.2 Å². The van der Waals surface area contributed by atoms with E-state index in [9.17, 15) is 9.59 Å². The summed E-state index contributed by atoms with van der Waals surface area (Å²) < 4.78 is 10.5. The molecule has 0 atom stereocenters. The highest BCUT2D eigenvalue weighted by atomic mass is 16.5. The fourth-order valence-corrected chi connectivity index (χ4v) is 2.33. The summed E-state index contributed by atoms with van der Waals surface area (Å²) in [5, 5.41) is 6.75. The fourth-order valence-electron chi connectivity index (χ4n) is 2.33. The number of hydrogen-bond acceptors (Lipinski definition) is 5. The zero-order valence-electron chi connectivity index (χ0n) is 16.3. The first-order chi connectivity index (χ1) is 13.5. The molecule has 7 nitrogen and oxygen atoms in total. The number of ether oxygens (including phenoxy) is 2. The number of nitrogens with zero attached hydrogens (tertiary/aromatic N) is 1. The second kappa shape index (κ2) is 10.7. The maximum Gasteiger partial charge on any atom is 0.277 e. The molecule has 148 valence electrons. The van der Waals surface area contributed by atoms with E-state index >= 15 is 0 Å². The summed E-state index contributed by atoms with van der Waals surface area (Å²) in [6.45, 7) is 3.84.